The van der Waals surface area contributed by atoms with Crippen LogP contribution in [0.1, 0.15) is 17.5 Å². The first-order valence-corrected chi connectivity index (χ1v) is 4.74. The Morgan fingerprint density at radius 1 is 1.38 bits per heavy atom. The summed E-state index contributed by atoms with van der Waals surface area (Å²) in [5.74, 6) is 0. The maximum Gasteiger partial charge on any atom is 0.390 e. The molecule has 1 N–H and O–H groups in total. The van der Waals surface area contributed by atoms with Crippen LogP contribution in [0.25, 0.3) is 0 Å². The third-order valence-electron chi connectivity index (χ3n) is 2.08. The Labute approximate surface area is 91.7 Å². The minimum Gasteiger partial charge on any atom is -0.385 e. The molecular weight excluding hydrogens is 217 g/mol. The van der Waals surface area contributed by atoms with Gasteiger partial charge in [0, 0.05) is 12.2 Å². The highest BCUT2D eigenvalue weighted by molar-refractivity contribution is 5.51. The van der Waals surface area contributed by atoms with Crippen molar-refractivity contribution in [1.29, 1.82) is 5.26 Å². The highest BCUT2D eigenvalue weighted by Crippen LogP contribution is 2.20. The molecule has 0 aliphatic rings. The summed E-state index contributed by atoms with van der Waals surface area (Å²) in [7, 11) is 0. The Kier molecular flexibility index (Phi) is 3.78. The molecule has 0 heterocycles. The van der Waals surface area contributed by atoms with Gasteiger partial charge in [0.1, 0.15) is 0 Å². The molecule has 0 bridgehead atoms. The van der Waals surface area contributed by atoms with Gasteiger partial charge in [-0.2, -0.15) is 18.4 Å². The van der Waals surface area contributed by atoms with Gasteiger partial charge in [-0.25, -0.2) is 0 Å². The van der Waals surface area contributed by atoms with Crippen LogP contribution < -0.4 is 5.32 Å². The molecule has 2 nitrogen and oxygen atoms in total. The van der Waals surface area contributed by atoms with Crippen LogP contribution in [0, 0.1) is 18.3 Å². The van der Waals surface area contributed by atoms with Gasteiger partial charge in [0.25, 0.3) is 0 Å². The number of aryl methyl sites for hydroxylation is 1. The monoisotopic (exact) mass is 228 g/mol. The quantitative estimate of drug-likeness (QED) is 0.862. The normalized spacial score (nSPS) is 10.9. The number of hydrogen-bond donors (Lipinski definition) is 1. The molecule has 1 rings (SSSR count). The van der Waals surface area contributed by atoms with Crippen LogP contribution in [0.3, 0.4) is 0 Å². The Hall–Kier alpha value is -1.70. The van der Waals surface area contributed by atoms with E-state index in [1.165, 1.54) is 0 Å². The third-order valence-corrected chi connectivity index (χ3v) is 2.08. The minimum absolute atomic E-state index is 0.158. The lowest BCUT2D eigenvalue weighted by Gasteiger charge is -2.09. The van der Waals surface area contributed by atoms with Crippen LogP contribution in [0.4, 0.5) is 18.9 Å². The number of halogens is 3. The molecule has 16 heavy (non-hydrogen) atoms. The van der Waals surface area contributed by atoms with Gasteiger partial charge in [0.15, 0.2) is 0 Å². The summed E-state index contributed by atoms with van der Waals surface area (Å²) in [6.45, 7) is 1.59. The number of anilines is 1. The number of benzene rings is 1. The lowest BCUT2D eigenvalue weighted by molar-refractivity contribution is -0.131. The lowest BCUT2D eigenvalue weighted by atomic mass is 10.1. The van der Waals surface area contributed by atoms with Crippen molar-refractivity contribution < 1.29 is 13.2 Å². The van der Waals surface area contributed by atoms with Gasteiger partial charge in [0.2, 0.25) is 0 Å². The van der Waals surface area contributed by atoms with Crippen LogP contribution in [0.2, 0.25) is 0 Å². The second kappa shape index (κ2) is 4.88. The molecule has 86 valence electrons. The largest absolute Gasteiger partial charge is 0.390 e. The maximum atomic E-state index is 11.9. The fourth-order valence-electron chi connectivity index (χ4n) is 1.25. The van der Waals surface area contributed by atoms with Gasteiger partial charge in [0.05, 0.1) is 18.1 Å². The Morgan fingerprint density at radius 3 is 2.56 bits per heavy atom. The van der Waals surface area contributed by atoms with Crippen LogP contribution in [0.5, 0.6) is 0 Å². The smallest absolute Gasteiger partial charge is 0.385 e. The molecule has 5 heteroatoms. The number of nitrogens with zero attached hydrogens (tertiary/aromatic N) is 1. The van der Waals surface area contributed by atoms with Crippen molar-refractivity contribution in [2.45, 2.75) is 19.5 Å². The molecule has 0 atom stereocenters. The van der Waals surface area contributed by atoms with Crippen molar-refractivity contribution in [2.75, 3.05) is 11.9 Å². The second-order valence-electron chi connectivity index (χ2n) is 3.43. The first-order valence-electron chi connectivity index (χ1n) is 4.74. The van der Waals surface area contributed by atoms with E-state index in [1.807, 2.05) is 6.07 Å². The Bertz CT molecular complexity index is 405. The summed E-state index contributed by atoms with van der Waals surface area (Å²) in [6.07, 6.45) is -5.01. The van der Waals surface area contributed by atoms with Crippen molar-refractivity contribution in [3.63, 3.8) is 0 Å². The molecule has 1 aromatic carbocycles. The molecule has 0 spiro atoms. The number of hydrogen-bond acceptors (Lipinski definition) is 2. The zero-order valence-electron chi connectivity index (χ0n) is 8.73. The molecule has 0 radical (unpaired) electrons. The van der Waals surface area contributed by atoms with Crippen LogP contribution in [-0.4, -0.2) is 12.7 Å². The van der Waals surface area contributed by atoms with E-state index in [0.717, 1.165) is 5.56 Å². The third kappa shape index (κ3) is 3.81. The van der Waals surface area contributed by atoms with Crippen LogP contribution in [0.15, 0.2) is 18.2 Å². The molecule has 0 aliphatic heterocycles. The van der Waals surface area contributed by atoms with Crippen molar-refractivity contribution in [3.05, 3.63) is 29.3 Å². The van der Waals surface area contributed by atoms with Gasteiger partial charge in [-0.1, -0.05) is 0 Å². The zero-order chi connectivity index (χ0) is 12.2. The van der Waals surface area contributed by atoms with E-state index in [0.29, 0.717) is 11.3 Å². The van der Waals surface area contributed by atoms with Crippen molar-refractivity contribution in [2.24, 2.45) is 0 Å². The molecule has 0 saturated carbocycles. The molecule has 0 aromatic heterocycles. The number of nitriles is 1. The van der Waals surface area contributed by atoms with Gasteiger partial charge in [-0.15, -0.1) is 0 Å². The maximum absolute atomic E-state index is 11.9. The summed E-state index contributed by atoms with van der Waals surface area (Å²) in [5, 5.41) is 11.3. The minimum atomic E-state index is -4.14. The van der Waals surface area contributed by atoms with Gasteiger partial charge in [-0.05, 0) is 30.7 Å². The van der Waals surface area contributed by atoms with E-state index in [4.69, 9.17) is 5.26 Å². The molecule has 0 unspecified atom stereocenters. The second-order valence-corrected chi connectivity index (χ2v) is 3.43. The average molecular weight is 228 g/mol. The van der Waals surface area contributed by atoms with Gasteiger partial charge < -0.3 is 5.32 Å². The standard InChI is InChI=1S/C11H11F3N2/c1-8-6-10(3-2-9(8)7-15)16-5-4-11(12,13)14/h2-3,6,16H,4-5H2,1H3. The Balaban J connectivity index is 2.57. The molecule has 0 fully saturated rings. The van der Waals surface area contributed by atoms with E-state index in [2.05, 4.69) is 5.32 Å². The number of rotatable bonds is 3. The molecule has 0 aliphatic carbocycles. The lowest BCUT2D eigenvalue weighted by Crippen LogP contribution is -2.14. The van der Waals surface area contributed by atoms with Crippen LogP contribution >= 0.6 is 0 Å². The van der Waals surface area contributed by atoms with E-state index < -0.39 is 12.6 Å². The van der Waals surface area contributed by atoms with E-state index in [9.17, 15) is 13.2 Å². The Morgan fingerprint density at radius 2 is 2.06 bits per heavy atom. The average Bonchev–Trinajstić information content (AvgIpc) is 2.16. The summed E-state index contributed by atoms with van der Waals surface area (Å²) in [4.78, 5) is 0. The highest BCUT2D eigenvalue weighted by atomic mass is 19.4. The number of nitrogens with one attached hydrogen (secondary N) is 1. The summed E-state index contributed by atoms with van der Waals surface area (Å²) >= 11 is 0. The summed E-state index contributed by atoms with van der Waals surface area (Å²) in [5.41, 5.74) is 1.88. The topological polar surface area (TPSA) is 35.8 Å². The predicted molar refractivity (Wildman–Crippen MR) is 55.1 cm³/mol. The summed E-state index contributed by atoms with van der Waals surface area (Å²) in [6, 6.07) is 6.84. The molecule has 0 saturated heterocycles. The van der Waals surface area contributed by atoms with E-state index in [1.54, 1.807) is 25.1 Å². The zero-order valence-corrected chi connectivity index (χ0v) is 8.73. The molecular formula is C11H11F3N2. The van der Waals surface area contributed by atoms with Crippen LogP contribution in [-0.2, 0) is 0 Å². The first kappa shape index (κ1) is 12.4. The number of alkyl halides is 3. The van der Waals surface area contributed by atoms with Crippen molar-refractivity contribution in [3.8, 4) is 6.07 Å². The van der Waals surface area contributed by atoms with Crippen molar-refractivity contribution >= 4 is 5.69 Å². The highest BCUT2D eigenvalue weighted by Gasteiger charge is 2.26. The predicted octanol–water partition coefficient (Wildman–Crippen LogP) is 3.23. The molecule has 0 amide bonds. The molecule has 1 aromatic rings. The van der Waals surface area contributed by atoms with Crippen molar-refractivity contribution in [1.82, 2.24) is 0 Å². The fourth-order valence-corrected chi connectivity index (χ4v) is 1.25. The van der Waals surface area contributed by atoms with Gasteiger partial charge in [-0.3, -0.25) is 0 Å². The van der Waals surface area contributed by atoms with E-state index >= 15 is 0 Å². The first-order chi connectivity index (χ1) is 7.42. The summed E-state index contributed by atoms with van der Waals surface area (Å²) < 4.78 is 35.6. The van der Waals surface area contributed by atoms with E-state index in [-0.39, 0.29) is 6.54 Å². The fraction of sp³-hybridized carbons (Fsp3) is 0.364. The van der Waals surface area contributed by atoms with Gasteiger partial charge >= 0.3 is 6.18 Å². The SMILES string of the molecule is Cc1cc(NCCC(F)(F)F)ccc1C#N.